The van der Waals surface area contributed by atoms with Gasteiger partial charge >= 0.3 is 5.97 Å². The molecule has 1 aliphatic carbocycles. The molecule has 1 atom stereocenters. The molecular formula is C9H11NO2. The highest BCUT2D eigenvalue weighted by Crippen LogP contribution is 2.33. The number of carbonyl (C=O) groups is 1. The maximum absolute atomic E-state index is 10.8. The van der Waals surface area contributed by atoms with Crippen LogP contribution in [0.3, 0.4) is 0 Å². The summed E-state index contributed by atoms with van der Waals surface area (Å²) < 4.78 is 5.17. The number of ether oxygens (including phenoxy) is 1. The van der Waals surface area contributed by atoms with Crippen molar-refractivity contribution >= 4 is 5.97 Å². The van der Waals surface area contributed by atoms with Gasteiger partial charge in [-0.2, -0.15) is 0 Å². The lowest BCUT2D eigenvalue weighted by molar-refractivity contribution is -0.544. The van der Waals surface area contributed by atoms with E-state index in [0.29, 0.717) is 0 Å². The van der Waals surface area contributed by atoms with Gasteiger partial charge in [-0.05, 0) is 6.08 Å². The lowest BCUT2D eigenvalue weighted by atomic mass is 10.1. The van der Waals surface area contributed by atoms with E-state index >= 15 is 0 Å². The van der Waals surface area contributed by atoms with E-state index in [1.54, 1.807) is 0 Å². The molecule has 0 aromatic rings. The average Bonchev–Trinajstić information content (AvgIpc) is 2.61. The van der Waals surface area contributed by atoms with Crippen LogP contribution in [-0.2, 0) is 9.53 Å². The summed E-state index contributed by atoms with van der Waals surface area (Å²) in [5.74, 6) is -0.239. The number of esters is 1. The molecule has 0 aromatic carbocycles. The summed E-state index contributed by atoms with van der Waals surface area (Å²) >= 11 is 0. The van der Waals surface area contributed by atoms with E-state index in [1.807, 2.05) is 17.5 Å². The standard InChI is InChI=1S/C9H11NO2/c1-10-7-2-4-9(6-7)5-3-8(11)12-9/h3,5-6H,1-2,4,10H2/t9-/m0/s1. The van der Waals surface area contributed by atoms with Gasteiger partial charge in [0.2, 0.25) is 0 Å². The Morgan fingerprint density at radius 2 is 2.50 bits per heavy atom. The first-order valence-corrected chi connectivity index (χ1v) is 4.00. The Labute approximate surface area is 71.1 Å². The Balaban J connectivity index is 2.21. The Bertz CT molecular complexity index is 280. The van der Waals surface area contributed by atoms with Crippen molar-refractivity contribution in [3.63, 3.8) is 0 Å². The largest absolute Gasteiger partial charge is 0.450 e. The molecule has 12 heavy (non-hydrogen) atoms. The first-order chi connectivity index (χ1) is 5.74. The van der Waals surface area contributed by atoms with E-state index in [0.717, 1.165) is 18.5 Å². The minimum atomic E-state index is -0.430. The first-order valence-electron chi connectivity index (χ1n) is 4.00. The number of nitrogens with two attached hydrogens (primary N) is 1. The normalized spacial score (nSPS) is 32.8. The van der Waals surface area contributed by atoms with Crippen molar-refractivity contribution in [1.29, 1.82) is 0 Å². The minimum absolute atomic E-state index is 0.239. The predicted molar refractivity (Wildman–Crippen MR) is 42.6 cm³/mol. The third-order valence-electron chi connectivity index (χ3n) is 2.29. The van der Waals surface area contributed by atoms with Crippen LogP contribution in [0.2, 0.25) is 0 Å². The van der Waals surface area contributed by atoms with Crippen LogP contribution >= 0.6 is 0 Å². The van der Waals surface area contributed by atoms with Gasteiger partial charge in [0, 0.05) is 25.0 Å². The molecule has 0 saturated heterocycles. The molecule has 0 amide bonds. The predicted octanol–water partition coefficient (Wildman–Crippen LogP) is -0.129. The van der Waals surface area contributed by atoms with Crippen molar-refractivity contribution in [2.45, 2.75) is 18.4 Å². The van der Waals surface area contributed by atoms with Crippen LogP contribution in [0.1, 0.15) is 12.8 Å². The monoisotopic (exact) mass is 165 g/mol. The van der Waals surface area contributed by atoms with Gasteiger partial charge in [-0.1, -0.05) is 0 Å². The topological polar surface area (TPSA) is 42.9 Å². The highest BCUT2D eigenvalue weighted by atomic mass is 16.6. The van der Waals surface area contributed by atoms with Gasteiger partial charge < -0.3 is 10.1 Å². The lowest BCUT2D eigenvalue weighted by Crippen LogP contribution is -2.74. The molecule has 1 aliphatic heterocycles. The van der Waals surface area contributed by atoms with Crippen LogP contribution in [0, 0.1) is 7.05 Å². The van der Waals surface area contributed by atoms with E-state index in [4.69, 9.17) is 4.74 Å². The Morgan fingerprint density at radius 1 is 1.67 bits per heavy atom. The molecular weight excluding hydrogens is 154 g/mol. The molecule has 2 N–H and O–H groups in total. The van der Waals surface area contributed by atoms with Crippen molar-refractivity contribution in [2.24, 2.45) is 0 Å². The summed E-state index contributed by atoms with van der Waals surface area (Å²) in [5, 5.41) is 1.81. The SMILES string of the molecule is [CH2-][NH2+]C1=C[C@@]2(C=CC(=O)O2)CC1. The second-order valence-electron chi connectivity index (χ2n) is 3.13. The van der Waals surface area contributed by atoms with Crippen LogP contribution in [0.25, 0.3) is 0 Å². The summed E-state index contributed by atoms with van der Waals surface area (Å²) in [4.78, 5) is 10.8. The second-order valence-corrected chi connectivity index (χ2v) is 3.13. The number of hydrogen-bond donors (Lipinski definition) is 1. The van der Waals surface area contributed by atoms with Gasteiger partial charge in [0.25, 0.3) is 0 Å². The van der Waals surface area contributed by atoms with Gasteiger partial charge in [-0.3, -0.25) is 0 Å². The fourth-order valence-corrected chi connectivity index (χ4v) is 1.64. The van der Waals surface area contributed by atoms with Gasteiger partial charge in [0.05, 0.1) is 5.70 Å². The fraction of sp³-hybridized carbons (Fsp3) is 0.333. The highest BCUT2D eigenvalue weighted by molar-refractivity contribution is 5.85. The Morgan fingerprint density at radius 3 is 3.00 bits per heavy atom. The summed E-state index contributed by atoms with van der Waals surface area (Å²) in [6.45, 7) is 0. The summed E-state index contributed by atoms with van der Waals surface area (Å²) in [5.41, 5.74) is 0.731. The van der Waals surface area contributed by atoms with Crippen molar-refractivity contribution < 1.29 is 14.8 Å². The summed E-state index contributed by atoms with van der Waals surface area (Å²) in [6.07, 6.45) is 7.09. The molecule has 0 bridgehead atoms. The van der Waals surface area contributed by atoms with Gasteiger partial charge in [0.1, 0.15) is 0 Å². The Kier molecular flexibility index (Phi) is 1.54. The van der Waals surface area contributed by atoms with Crippen molar-refractivity contribution in [2.75, 3.05) is 0 Å². The molecule has 1 spiro atoms. The van der Waals surface area contributed by atoms with E-state index < -0.39 is 5.60 Å². The molecule has 0 unspecified atom stereocenters. The Hall–Kier alpha value is -1.09. The van der Waals surface area contributed by atoms with Crippen molar-refractivity contribution in [1.82, 2.24) is 0 Å². The maximum Gasteiger partial charge on any atom is 0.331 e. The van der Waals surface area contributed by atoms with Crippen molar-refractivity contribution in [3.05, 3.63) is 31.0 Å². The molecule has 3 nitrogen and oxygen atoms in total. The van der Waals surface area contributed by atoms with Crippen LogP contribution in [0.4, 0.5) is 0 Å². The lowest BCUT2D eigenvalue weighted by Gasteiger charge is -2.16. The van der Waals surface area contributed by atoms with Gasteiger partial charge in [0.15, 0.2) is 5.60 Å². The van der Waals surface area contributed by atoms with Crippen LogP contribution in [0.15, 0.2) is 23.9 Å². The molecule has 0 radical (unpaired) electrons. The van der Waals surface area contributed by atoms with E-state index in [9.17, 15) is 4.79 Å². The highest BCUT2D eigenvalue weighted by Gasteiger charge is 2.38. The van der Waals surface area contributed by atoms with Gasteiger partial charge in [-0.25, -0.2) is 4.79 Å². The number of rotatable bonds is 1. The molecule has 1 heterocycles. The third kappa shape index (κ3) is 1.06. The minimum Gasteiger partial charge on any atom is -0.450 e. The number of quaternary nitrogens is 1. The zero-order valence-corrected chi connectivity index (χ0v) is 6.75. The quantitative estimate of drug-likeness (QED) is 0.434. The molecule has 3 heteroatoms. The van der Waals surface area contributed by atoms with E-state index in [-0.39, 0.29) is 5.97 Å². The zero-order chi connectivity index (χ0) is 8.60. The molecule has 0 aromatic heterocycles. The second kappa shape index (κ2) is 2.45. The molecule has 64 valence electrons. The maximum atomic E-state index is 10.8. The molecule has 0 saturated carbocycles. The smallest absolute Gasteiger partial charge is 0.331 e. The van der Waals surface area contributed by atoms with E-state index in [1.165, 1.54) is 6.08 Å². The molecule has 0 fully saturated rings. The summed E-state index contributed by atoms with van der Waals surface area (Å²) in [7, 11) is 3.68. The summed E-state index contributed by atoms with van der Waals surface area (Å²) in [6, 6.07) is 0. The molecule has 2 aliphatic rings. The fourth-order valence-electron chi connectivity index (χ4n) is 1.64. The average molecular weight is 165 g/mol. The van der Waals surface area contributed by atoms with Gasteiger partial charge in [-0.15, -0.1) is 7.05 Å². The number of carbonyl (C=O) groups excluding carboxylic acids is 1. The van der Waals surface area contributed by atoms with Crippen LogP contribution < -0.4 is 5.32 Å². The van der Waals surface area contributed by atoms with Crippen molar-refractivity contribution in [3.8, 4) is 0 Å². The zero-order valence-electron chi connectivity index (χ0n) is 6.75. The number of allylic oxidation sites excluding steroid dienone is 1. The van der Waals surface area contributed by atoms with Crippen LogP contribution in [0.5, 0.6) is 0 Å². The first kappa shape index (κ1) is 7.55. The third-order valence-corrected chi connectivity index (χ3v) is 2.29. The number of hydrogen-bond acceptors (Lipinski definition) is 2. The van der Waals surface area contributed by atoms with E-state index in [2.05, 4.69) is 7.05 Å². The van der Waals surface area contributed by atoms with Crippen LogP contribution in [-0.4, -0.2) is 11.6 Å². The molecule has 2 rings (SSSR count).